The molecule has 0 fully saturated rings. The van der Waals surface area contributed by atoms with Crippen molar-refractivity contribution in [1.29, 1.82) is 10.5 Å². The molecule has 0 atom stereocenters. The minimum atomic E-state index is 0.555. The third kappa shape index (κ3) is 1.89. The van der Waals surface area contributed by atoms with Gasteiger partial charge >= 0.3 is 0 Å². The lowest BCUT2D eigenvalue weighted by Gasteiger charge is -2.01. The number of nitriles is 2. The van der Waals surface area contributed by atoms with Gasteiger partial charge in [-0.2, -0.15) is 10.5 Å². The Bertz CT molecular complexity index is 345. The third-order valence-electron chi connectivity index (χ3n) is 1.25. The van der Waals surface area contributed by atoms with Crippen LogP contribution in [0.4, 0.5) is 5.69 Å². The van der Waals surface area contributed by atoms with Gasteiger partial charge in [0.25, 0.3) is 0 Å². The minimum absolute atomic E-state index is 0.555. The number of rotatable bonds is 2. The topological polar surface area (TPSA) is 71.6 Å². The summed E-state index contributed by atoms with van der Waals surface area (Å²) >= 11 is 0. The van der Waals surface area contributed by atoms with Gasteiger partial charge in [0.1, 0.15) is 0 Å². The standard InChI is InChI=1S/C8H6N4/c9-5-7-2-1-3-8(4-7)12-11-6-10/h1-4,11-12H. The second-order valence-electron chi connectivity index (χ2n) is 2.05. The van der Waals surface area contributed by atoms with Crippen LogP contribution < -0.4 is 10.9 Å². The van der Waals surface area contributed by atoms with E-state index in [-0.39, 0.29) is 0 Å². The zero-order valence-electron chi connectivity index (χ0n) is 6.20. The Labute approximate surface area is 70.0 Å². The Morgan fingerprint density at radius 3 is 2.75 bits per heavy atom. The second kappa shape index (κ2) is 3.85. The summed E-state index contributed by atoms with van der Waals surface area (Å²) in [5, 5.41) is 16.7. The summed E-state index contributed by atoms with van der Waals surface area (Å²) in [4.78, 5) is 0. The molecule has 0 radical (unpaired) electrons. The highest BCUT2D eigenvalue weighted by molar-refractivity contribution is 5.48. The maximum Gasteiger partial charge on any atom is 0.197 e. The highest BCUT2D eigenvalue weighted by Gasteiger charge is 1.91. The first-order valence-electron chi connectivity index (χ1n) is 3.27. The molecule has 2 N–H and O–H groups in total. The van der Waals surface area contributed by atoms with Gasteiger partial charge in [-0.25, -0.2) is 5.43 Å². The van der Waals surface area contributed by atoms with Gasteiger partial charge in [0.05, 0.1) is 17.3 Å². The van der Waals surface area contributed by atoms with Crippen molar-refractivity contribution in [3.63, 3.8) is 0 Å². The first-order valence-corrected chi connectivity index (χ1v) is 3.27. The van der Waals surface area contributed by atoms with Crippen molar-refractivity contribution >= 4 is 5.69 Å². The summed E-state index contributed by atoms with van der Waals surface area (Å²) < 4.78 is 0. The maximum absolute atomic E-state index is 8.52. The molecule has 0 aliphatic heterocycles. The molecule has 58 valence electrons. The number of benzene rings is 1. The van der Waals surface area contributed by atoms with Gasteiger partial charge in [0, 0.05) is 0 Å². The molecule has 1 rings (SSSR count). The van der Waals surface area contributed by atoms with E-state index in [1.807, 2.05) is 6.07 Å². The molecule has 1 aromatic rings. The van der Waals surface area contributed by atoms with Crippen LogP contribution >= 0.6 is 0 Å². The van der Waals surface area contributed by atoms with Crippen LogP contribution in [0.25, 0.3) is 0 Å². The highest BCUT2D eigenvalue weighted by Crippen LogP contribution is 2.07. The fraction of sp³-hybridized carbons (Fsp3) is 0. The smallest absolute Gasteiger partial charge is 0.197 e. The van der Waals surface area contributed by atoms with E-state index in [1.54, 1.807) is 30.5 Å². The van der Waals surface area contributed by atoms with E-state index in [9.17, 15) is 0 Å². The van der Waals surface area contributed by atoms with Crippen LogP contribution in [0.5, 0.6) is 0 Å². The summed E-state index contributed by atoms with van der Waals surface area (Å²) in [6, 6.07) is 8.82. The summed E-state index contributed by atoms with van der Waals surface area (Å²) in [5.74, 6) is 0. The van der Waals surface area contributed by atoms with Gasteiger partial charge in [-0.1, -0.05) is 6.07 Å². The Balaban J connectivity index is 2.76. The zero-order valence-corrected chi connectivity index (χ0v) is 6.20. The number of nitrogens with one attached hydrogen (secondary N) is 2. The van der Waals surface area contributed by atoms with Gasteiger partial charge in [-0.15, -0.1) is 0 Å². The second-order valence-corrected chi connectivity index (χ2v) is 2.05. The van der Waals surface area contributed by atoms with Crippen LogP contribution in [0.3, 0.4) is 0 Å². The minimum Gasteiger partial charge on any atom is -0.292 e. The fourth-order valence-corrected chi connectivity index (χ4v) is 0.767. The van der Waals surface area contributed by atoms with Gasteiger partial charge in [-0.3, -0.25) is 5.43 Å². The Kier molecular flexibility index (Phi) is 2.53. The summed E-state index contributed by atoms with van der Waals surface area (Å²) in [6.45, 7) is 0. The Hall–Kier alpha value is -2.20. The van der Waals surface area contributed by atoms with Crippen molar-refractivity contribution in [3.8, 4) is 12.3 Å². The average Bonchev–Trinajstić information content (AvgIpc) is 2.15. The van der Waals surface area contributed by atoms with Crippen molar-refractivity contribution in [2.24, 2.45) is 0 Å². The van der Waals surface area contributed by atoms with Crippen LogP contribution in [0.15, 0.2) is 24.3 Å². The van der Waals surface area contributed by atoms with Crippen LogP contribution in [-0.2, 0) is 0 Å². The lowest BCUT2D eigenvalue weighted by Crippen LogP contribution is -2.14. The number of anilines is 1. The van der Waals surface area contributed by atoms with Crippen molar-refractivity contribution < 1.29 is 0 Å². The normalized spacial score (nSPS) is 7.83. The molecule has 0 aliphatic rings. The molecule has 0 spiro atoms. The molecule has 0 aromatic heterocycles. The molecule has 0 bridgehead atoms. The lowest BCUT2D eigenvalue weighted by atomic mass is 10.2. The van der Waals surface area contributed by atoms with E-state index in [1.165, 1.54) is 0 Å². The van der Waals surface area contributed by atoms with E-state index >= 15 is 0 Å². The summed E-state index contributed by atoms with van der Waals surface area (Å²) in [6.07, 6.45) is 1.71. The third-order valence-corrected chi connectivity index (χ3v) is 1.25. The molecule has 0 amide bonds. The predicted octanol–water partition coefficient (Wildman–Crippen LogP) is 0.956. The van der Waals surface area contributed by atoms with Gasteiger partial charge in [0.15, 0.2) is 6.19 Å². The van der Waals surface area contributed by atoms with E-state index < -0.39 is 0 Å². The molecule has 4 nitrogen and oxygen atoms in total. The maximum atomic E-state index is 8.52. The molecule has 4 heteroatoms. The number of nitrogens with zero attached hydrogens (tertiary/aromatic N) is 2. The Morgan fingerprint density at radius 2 is 2.08 bits per heavy atom. The SMILES string of the molecule is N#CNNc1cccc(C#N)c1. The van der Waals surface area contributed by atoms with Crippen LogP contribution in [0, 0.1) is 22.8 Å². The van der Waals surface area contributed by atoms with Crippen molar-refractivity contribution in [2.75, 3.05) is 5.43 Å². The van der Waals surface area contributed by atoms with Gasteiger partial charge in [0.2, 0.25) is 0 Å². The van der Waals surface area contributed by atoms with Crippen LogP contribution in [-0.4, -0.2) is 0 Å². The molecule has 12 heavy (non-hydrogen) atoms. The van der Waals surface area contributed by atoms with E-state index in [4.69, 9.17) is 10.5 Å². The van der Waals surface area contributed by atoms with E-state index in [0.29, 0.717) is 11.3 Å². The molecule has 0 saturated heterocycles. The van der Waals surface area contributed by atoms with Gasteiger partial charge < -0.3 is 0 Å². The zero-order chi connectivity index (χ0) is 8.81. The summed E-state index contributed by atoms with van der Waals surface area (Å²) in [5.41, 5.74) is 6.11. The summed E-state index contributed by atoms with van der Waals surface area (Å²) in [7, 11) is 0. The van der Waals surface area contributed by atoms with Crippen LogP contribution in [0.1, 0.15) is 5.56 Å². The molecule has 0 heterocycles. The number of hydrogen-bond donors (Lipinski definition) is 2. The van der Waals surface area contributed by atoms with E-state index in [2.05, 4.69) is 10.9 Å². The number of hydrazine groups is 1. The molecule has 0 unspecified atom stereocenters. The predicted molar refractivity (Wildman–Crippen MR) is 43.5 cm³/mol. The monoisotopic (exact) mass is 158 g/mol. The van der Waals surface area contributed by atoms with E-state index in [0.717, 1.165) is 0 Å². The van der Waals surface area contributed by atoms with Gasteiger partial charge in [-0.05, 0) is 18.2 Å². The fourth-order valence-electron chi connectivity index (χ4n) is 0.767. The highest BCUT2D eigenvalue weighted by atomic mass is 15.3. The molecular formula is C8H6N4. The Morgan fingerprint density at radius 1 is 1.25 bits per heavy atom. The van der Waals surface area contributed by atoms with Crippen LogP contribution in [0.2, 0.25) is 0 Å². The quantitative estimate of drug-likeness (QED) is 0.382. The lowest BCUT2D eigenvalue weighted by molar-refractivity contribution is 1.07. The largest absolute Gasteiger partial charge is 0.292 e. The van der Waals surface area contributed by atoms with Crippen molar-refractivity contribution in [1.82, 2.24) is 5.43 Å². The van der Waals surface area contributed by atoms with Crippen molar-refractivity contribution in [3.05, 3.63) is 29.8 Å². The molecule has 0 aliphatic carbocycles. The molecular weight excluding hydrogens is 152 g/mol. The number of hydrogen-bond acceptors (Lipinski definition) is 4. The van der Waals surface area contributed by atoms with Crippen molar-refractivity contribution in [2.45, 2.75) is 0 Å². The average molecular weight is 158 g/mol. The molecule has 0 saturated carbocycles. The molecule has 1 aromatic carbocycles. The first-order chi connectivity index (χ1) is 5.86. The first kappa shape index (κ1) is 7.90.